The maximum Gasteiger partial charge on any atom is 0.300 e. The van der Waals surface area contributed by atoms with E-state index in [4.69, 9.17) is 23.2 Å². The second kappa shape index (κ2) is 8.52. The molecule has 1 unspecified atom stereocenters. The van der Waals surface area contributed by atoms with Crippen LogP contribution in [0.1, 0.15) is 17.2 Å². The average Bonchev–Trinajstić information content (AvgIpc) is 3.11. The molecule has 0 radical (unpaired) electrons. The minimum absolute atomic E-state index is 0.0601. The standard InChI is InChI=1S/C27H17Cl2NO4/c28-19-8-10-20(11-9-19)30-24(17-7-12-22(31)21(29)14-17)23(26(33)27(30)34)25(32)18-6-5-15-3-1-2-4-16(15)13-18/h1-14,24,31-32H/b25-23-. The summed E-state index contributed by atoms with van der Waals surface area (Å²) in [6.07, 6.45) is 0. The molecular weight excluding hydrogens is 473 g/mol. The Kier molecular flexibility index (Phi) is 5.52. The molecule has 5 nitrogen and oxygen atoms in total. The van der Waals surface area contributed by atoms with Crippen molar-refractivity contribution < 1.29 is 19.8 Å². The molecule has 168 valence electrons. The summed E-state index contributed by atoms with van der Waals surface area (Å²) in [7, 11) is 0. The van der Waals surface area contributed by atoms with E-state index in [-0.39, 0.29) is 22.1 Å². The lowest BCUT2D eigenvalue weighted by Gasteiger charge is -2.25. The molecule has 0 saturated carbocycles. The zero-order valence-corrected chi connectivity index (χ0v) is 19.1. The molecule has 1 aliphatic heterocycles. The van der Waals surface area contributed by atoms with Crippen molar-refractivity contribution in [1.82, 2.24) is 0 Å². The van der Waals surface area contributed by atoms with Gasteiger partial charge >= 0.3 is 0 Å². The van der Waals surface area contributed by atoms with Gasteiger partial charge in [-0.1, -0.05) is 65.7 Å². The van der Waals surface area contributed by atoms with E-state index in [9.17, 15) is 19.8 Å². The second-order valence-electron chi connectivity index (χ2n) is 7.92. The zero-order valence-electron chi connectivity index (χ0n) is 17.6. The molecule has 1 saturated heterocycles. The van der Waals surface area contributed by atoms with Crippen molar-refractivity contribution in [1.29, 1.82) is 0 Å². The van der Waals surface area contributed by atoms with Crippen LogP contribution in [0.3, 0.4) is 0 Å². The lowest BCUT2D eigenvalue weighted by Crippen LogP contribution is -2.29. The van der Waals surface area contributed by atoms with Gasteiger partial charge in [-0.3, -0.25) is 14.5 Å². The van der Waals surface area contributed by atoms with Gasteiger partial charge in [-0.25, -0.2) is 0 Å². The number of hydrogen-bond acceptors (Lipinski definition) is 4. The molecule has 34 heavy (non-hydrogen) atoms. The Hall–Kier alpha value is -3.80. The third-order valence-electron chi connectivity index (χ3n) is 5.86. The quantitative estimate of drug-likeness (QED) is 0.196. The predicted molar refractivity (Wildman–Crippen MR) is 133 cm³/mol. The van der Waals surface area contributed by atoms with Crippen LogP contribution in [0.5, 0.6) is 5.75 Å². The summed E-state index contributed by atoms with van der Waals surface area (Å²) in [6, 6.07) is 22.9. The van der Waals surface area contributed by atoms with E-state index in [1.54, 1.807) is 42.5 Å². The van der Waals surface area contributed by atoms with Crippen molar-refractivity contribution in [3.05, 3.63) is 112 Å². The number of rotatable bonds is 3. The second-order valence-corrected chi connectivity index (χ2v) is 8.76. The van der Waals surface area contributed by atoms with Gasteiger partial charge in [-0.2, -0.15) is 0 Å². The molecular formula is C27H17Cl2NO4. The van der Waals surface area contributed by atoms with Crippen LogP contribution < -0.4 is 4.90 Å². The third kappa shape index (κ3) is 3.69. The van der Waals surface area contributed by atoms with Crippen molar-refractivity contribution in [3.63, 3.8) is 0 Å². The molecule has 4 aromatic carbocycles. The van der Waals surface area contributed by atoms with Gasteiger partial charge in [0, 0.05) is 16.3 Å². The minimum atomic E-state index is -0.967. The number of phenols is 1. The van der Waals surface area contributed by atoms with Crippen LogP contribution in [-0.4, -0.2) is 21.9 Å². The number of halogens is 2. The van der Waals surface area contributed by atoms with Crippen LogP contribution in [0, 0.1) is 0 Å². The summed E-state index contributed by atoms with van der Waals surface area (Å²) in [5, 5.41) is 23.6. The molecule has 5 rings (SSSR count). The lowest BCUT2D eigenvalue weighted by molar-refractivity contribution is -0.132. The van der Waals surface area contributed by atoms with Gasteiger partial charge in [0.05, 0.1) is 16.6 Å². The number of fused-ring (bicyclic) bond motifs is 1. The van der Waals surface area contributed by atoms with Crippen LogP contribution in [0.25, 0.3) is 16.5 Å². The van der Waals surface area contributed by atoms with E-state index in [2.05, 4.69) is 0 Å². The highest BCUT2D eigenvalue weighted by atomic mass is 35.5. The highest BCUT2D eigenvalue weighted by molar-refractivity contribution is 6.51. The molecule has 1 amide bonds. The summed E-state index contributed by atoms with van der Waals surface area (Å²) in [5.41, 5.74) is 1.22. The number of Topliss-reactive ketones (excluding diaryl/α,β-unsaturated/α-hetero) is 1. The molecule has 1 fully saturated rings. The van der Waals surface area contributed by atoms with Crippen LogP contribution in [0.4, 0.5) is 5.69 Å². The molecule has 0 aliphatic carbocycles. The number of anilines is 1. The monoisotopic (exact) mass is 489 g/mol. The molecule has 7 heteroatoms. The molecule has 0 bridgehead atoms. The number of amides is 1. The minimum Gasteiger partial charge on any atom is -0.507 e. The Morgan fingerprint density at radius 1 is 0.824 bits per heavy atom. The Balaban J connectivity index is 1.74. The summed E-state index contributed by atoms with van der Waals surface area (Å²) in [6.45, 7) is 0. The first-order valence-electron chi connectivity index (χ1n) is 10.4. The van der Waals surface area contributed by atoms with Crippen LogP contribution >= 0.6 is 23.2 Å². The predicted octanol–water partition coefficient (Wildman–Crippen LogP) is 6.48. The van der Waals surface area contributed by atoms with Crippen molar-refractivity contribution in [2.24, 2.45) is 0 Å². The Morgan fingerprint density at radius 3 is 2.24 bits per heavy atom. The average molecular weight is 490 g/mol. The van der Waals surface area contributed by atoms with Gasteiger partial charge in [0.2, 0.25) is 0 Å². The third-order valence-corrected chi connectivity index (χ3v) is 6.41. The largest absolute Gasteiger partial charge is 0.507 e. The maximum atomic E-state index is 13.3. The van der Waals surface area contributed by atoms with Gasteiger partial charge in [-0.15, -0.1) is 0 Å². The normalized spacial score (nSPS) is 17.5. The van der Waals surface area contributed by atoms with Crippen molar-refractivity contribution in [3.8, 4) is 5.75 Å². The first-order valence-corrected chi connectivity index (χ1v) is 11.1. The number of aliphatic hydroxyl groups is 1. The number of carbonyl (C=O) groups excluding carboxylic acids is 2. The molecule has 1 heterocycles. The van der Waals surface area contributed by atoms with Gasteiger partial charge in [0.25, 0.3) is 11.7 Å². The van der Waals surface area contributed by atoms with Gasteiger partial charge < -0.3 is 10.2 Å². The fraction of sp³-hybridized carbons (Fsp3) is 0.0370. The fourth-order valence-corrected chi connectivity index (χ4v) is 4.52. The highest BCUT2D eigenvalue weighted by Crippen LogP contribution is 2.43. The van der Waals surface area contributed by atoms with E-state index in [0.29, 0.717) is 21.8 Å². The number of aliphatic hydroxyl groups excluding tert-OH is 1. The summed E-state index contributed by atoms with van der Waals surface area (Å²) in [5.74, 6) is -2.05. The van der Waals surface area contributed by atoms with Gasteiger partial charge in [0.15, 0.2) is 0 Å². The molecule has 1 atom stereocenters. The van der Waals surface area contributed by atoms with E-state index < -0.39 is 17.7 Å². The van der Waals surface area contributed by atoms with Crippen molar-refractivity contribution >= 4 is 57.1 Å². The van der Waals surface area contributed by atoms with E-state index in [1.807, 2.05) is 30.3 Å². The van der Waals surface area contributed by atoms with Crippen molar-refractivity contribution in [2.75, 3.05) is 4.90 Å². The Labute approximate surface area is 205 Å². The zero-order chi connectivity index (χ0) is 24.0. The number of benzene rings is 4. The summed E-state index contributed by atoms with van der Waals surface area (Å²) >= 11 is 12.2. The van der Waals surface area contributed by atoms with Crippen LogP contribution in [0.15, 0.2) is 90.5 Å². The summed E-state index contributed by atoms with van der Waals surface area (Å²) in [4.78, 5) is 27.8. The van der Waals surface area contributed by atoms with Gasteiger partial charge in [0.1, 0.15) is 11.5 Å². The first-order chi connectivity index (χ1) is 16.3. The number of phenolic OH excluding ortho intramolecular Hbond substituents is 1. The number of nitrogens with zero attached hydrogens (tertiary/aromatic N) is 1. The SMILES string of the molecule is O=C1C(=O)N(c2ccc(Cl)cc2)C(c2ccc(O)c(Cl)c2)/C1=C(/O)c1ccc2ccccc2c1. The maximum absolute atomic E-state index is 13.3. The van der Waals surface area contributed by atoms with E-state index in [0.717, 1.165) is 10.8 Å². The smallest absolute Gasteiger partial charge is 0.300 e. The molecule has 0 spiro atoms. The highest BCUT2D eigenvalue weighted by Gasteiger charge is 2.47. The fourth-order valence-electron chi connectivity index (χ4n) is 4.20. The van der Waals surface area contributed by atoms with Crippen LogP contribution in [0.2, 0.25) is 10.0 Å². The Morgan fingerprint density at radius 2 is 1.53 bits per heavy atom. The lowest BCUT2D eigenvalue weighted by atomic mass is 9.94. The molecule has 4 aromatic rings. The summed E-state index contributed by atoms with van der Waals surface area (Å²) < 4.78 is 0. The van der Waals surface area contributed by atoms with E-state index >= 15 is 0 Å². The van der Waals surface area contributed by atoms with Crippen molar-refractivity contribution in [2.45, 2.75) is 6.04 Å². The van der Waals surface area contributed by atoms with Gasteiger partial charge in [-0.05, 0) is 58.8 Å². The topological polar surface area (TPSA) is 77.8 Å². The number of aromatic hydroxyl groups is 1. The number of hydrogen-bond donors (Lipinski definition) is 2. The molecule has 2 N–H and O–H groups in total. The van der Waals surface area contributed by atoms with E-state index in [1.165, 1.54) is 17.0 Å². The first kappa shape index (κ1) is 22.0. The number of carbonyl (C=O) groups is 2. The van der Waals surface area contributed by atoms with Crippen LogP contribution in [-0.2, 0) is 9.59 Å². The molecule has 0 aromatic heterocycles. The Bertz CT molecular complexity index is 1490. The molecule has 1 aliphatic rings. The number of ketones is 1.